The second-order valence-electron chi connectivity index (χ2n) is 7.67. The number of nitrogens with one attached hydrogen (secondary N) is 2. The van der Waals surface area contributed by atoms with E-state index in [0.717, 1.165) is 36.8 Å². The maximum absolute atomic E-state index is 6.21. The number of ether oxygens (including phenoxy) is 3. The molecule has 0 aromatic heterocycles. The number of benzene rings is 2. The van der Waals surface area contributed by atoms with Gasteiger partial charge in [-0.25, -0.2) is 4.99 Å². The van der Waals surface area contributed by atoms with Crippen LogP contribution in [0, 0.1) is 6.92 Å². The van der Waals surface area contributed by atoms with E-state index < -0.39 is 0 Å². The Kier molecular flexibility index (Phi) is 9.18. The third-order valence-corrected chi connectivity index (χ3v) is 5.18. The van der Waals surface area contributed by atoms with Gasteiger partial charge in [-0.2, -0.15) is 0 Å². The van der Waals surface area contributed by atoms with Gasteiger partial charge in [0.1, 0.15) is 11.9 Å². The molecule has 2 aromatic rings. The highest BCUT2D eigenvalue weighted by atomic mass is 16.5. The summed E-state index contributed by atoms with van der Waals surface area (Å²) < 4.78 is 17.3. The molecule has 1 aliphatic heterocycles. The second kappa shape index (κ2) is 12.3. The largest absolute Gasteiger partial charge is 0.488 e. The molecule has 1 heterocycles. The van der Waals surface area contributed by atoms with Crippen LogP contribution in [0.1, 0.15) is 42.5 Å². The van der Waals surface area contributed by atoms with Crippen molar-refractivity contribution >= 4 is 5.96 Å². The van der Waals surface area contributed by atoms with Crippen molar-refractivity contribution in [3.63, 3.8) is 0 Å². The molecule has 168 valence electrons. The van der Waals surface area contributed by atoms with Crippen LogP contribution in [0.15, 0.2) is 47.5 Å². The van der Waals surface area contributed by atoms with Gasteiger partial charge in [0.25, 0.3) is 0 Å². The first-order valence-corrected chi connectivity index (χ1v) is 11.2. The minimum atomic E-state index is 0.123. The van der Waals surface area contributed by atoms with Gasteiger partial charge in [0.2, 0.25) is 0 Å². The van der Waals surface area contributed by atoms with Gasteiger partial charge in [0.15, 0.2) is 5.96 Å². The van der Waals surface area contributed by atoms with E-state index in [1.165, 1.54) is 16.7 Å². The van der Waals surface area contributed by atoms with Crippen molar-refractivity contribution in [1.82, 2.24) is 10.6 Å². The summed E-state index contributed by atoms with van der Waals surface area (Å²) in [6, 6.07) is 14.6. The second-order valence-corrected chi connectivity index (χ2v) is 7.67. The summed E-state index contributed by atoms with van der Waals surface area (Å²) in [7, 11) is 0. The Morgan fingerprint density at radius 3 is 2.68 bits per heavy atom. The van der Waals surface area contributed by atoms with E-state index in [2.05, 4.69) is 60.9 Å². The van der Waals surface area contributed by atoms with E-state index in [4.69, 9.17) is 19.2 Å². The van der Waals surface area contributed by atoms with Gasteiger partial charge in [0, 0.05) is 31.7 Å². The molecule has 2 aromatic carbocycles. The lowest BCUT2D eigenvalue weighted by atomic mass is 10.1. The molecule has 2 N–H and O–H groups in total. The van der Waals surface area contributed by atoms with Crippen molar-refractivity contribution in [2.24, 2.45) is 4.99 Å². The third-order valence-electron chi connectivity index (χ3n) is 5.18. The first kappa shape index (κ1) is 23.1. The zero-order valence-corrected chi connectivity index (χ0v) is 18.9. The van der Waals surface area contributed by atoms with Crippen molar-refractivity contribution in [2.45, 2.75) is 53.0 Å². The molecular formula is C25H35N3O3. The summed E-state index contributed by atoms with van der Waals surface area (Å²) in [5.74, 6) is 1.68. The molecule has 0 radical (unpaired) electrons. The molecule has 0 saturated carbocycles. The van der Waals surface area contributed by atoms with Crippen LogP contribution in [0.4, 0.5) is 0 Å². The zero-order chi connectivity index (χ0) is 21.9. The smallest absolute Gasteiger partial charge is 0.191 e. The SMILES string of the molecule is CCNC(=NCc1ccc(C)cc1OC1CCOC1)NCc1ccccc1COCC. The fourth-order valence-corrected chi connectivity index (χ4v) is 3.46. The Labute approximate surface area is 186 Å². The molecule has 0 spiro atoms. The van der Waals surface area contributed by atoms with E-state index in [0.29, 0.717) is 32.9 Å². The van der Waals surface area contributed by atoms with Crippen molar-refractivity contribution in [3.05, 3.63) is 64.7 Å². The monoisotopic (exact) mass is 425 g/mol. The molecule has 1 saturated heterocycles. The normalized spacial score (nSPS) is 16.4. The average Bonchev–Trinajstić information content (AvgIpc) is 3.29. The fourth-order valence-electron chi connectivity index (χ4n) is 3.46. The van der Waals surface area contributed by atoms with Gasteiger partial charge in [-0.15, -0.1) is 0 Å². The van der Waals surface area contributed by atoms with E-state index in [-0.39, 0.29) is 6.10 Å². The van der Waals surface area contributed by atoms with Crippen LogP contribution in [-0.2, 0) is 29.2 Å². The Morgan fingerprint density at radius 2 is 1.94 bits per heavy atom. The number of guanidine groups is 1. The summed E-state index contributed by atoms with van der Waals surface area (Å²) in [5.41, 5.74) is 4.66. The molecule has 6 heteroatoms. The molecule has 0 amide bonds. The number of aryl methyl sites for hydroxylation is 1. The van der Waals surface area contributed by atoms with E-state index in [9.17, 15) is 0 Å². The lowest BCUT2D eigenvalue weighted by molar-refractivity contribution is 0.133. The molecule has 0 bridgehead atoms. The molecule has 1 atom stereocenters. The zero-order valence-electron chi connectivity index (χ0n) is 18.9. The molecule has 6 nitrogen and oxygen atoms in total. The predicted octanol–water partition coefficient (Wildman–Crippen LogP) is 3.95. The number of rotatable bonds is 10. The van der Waals surface area contributed by atoms with Crippen LogP contribution in [0.3, 0.4) is 0 Å². The third kappa shape index (κ3) is 7.26. The van der Waals surface area contributed by atoms with Crippen molar-refractivity contribution in [1.29, 1.82) is 0 Å². The van der Waals surface area contributed by atoms with E-state index >= 15 is 0 Å². The summed E-state index contributed by atoms with van der Waals surface area (Å²) in [4.78, 5) is 4.81. The van der Waals surface area contributed by atoms with Crippen LogP contribution < -0.4 is 15.4 Å². The van der Waals surface area contributed by atoms with Crippen LogP contribution in [-0.4, -0.2) is 38.4 Å². The van der Waals surface area contributed by atoms with Crippen molar-refractivity contribution in [3.8, 4) is 5.75 Å². The maximum Gasteiger partial charge on any atom is 0.191 e. The maximum atomic E-state index is 6.21. The number of hydrogen-bond donors (Lipinski definition) is 2. The Bertz CT molecular complexity index is 848. The van der Waals surface area contributed by atoms with Crippen LogP contribution in [0.25, 0.3) is 0 Å². The molecule has 0 aliphatic carbocycles. The Balaban J connectivity index is 1.67. The lowest BCUT2D eigenvalue weighted by Crippen LogP contribution is -2.37. The Morgan fingerprint density at radius 1 is 1.10 bits per heavy atom. The number of aliphatic imine (C=N–C) groups is 1. The van der Waals surface area contributed by atoms with Crippen molar-refractivity contribution < 1.29 is 14.2 Å². The summed E-state index contributed by atoms with van der Waals surface area (Å²) in [6.07, 6.45) is 1.06. The van der Waals surface area contributed by atoms with E-state index in [1.807, 2.05) is 13.0 Å². The predicted molar refractivity (Wildman–Crippen MR) is 124 cm³/mol. The van der Waals surface area contributed by atoms with Crippen LogP contribution in [0.5, 0.6) is 5.75 Å². The van der Waals surface area contributed by atoms with E-state index in [1.54, 1.807) is 0 Å². The number of nitrogens with zero attached hydrogens (tertiary/aromatic N) is 1. The summed E-state index contributed by atoms with van der Waals surface area (Å²) >= 11 is 0. The van der Waals surface area contributed by atoms with Crippen molar-refractivity contribution in [2.75, 3.05) is 26.4 Å². The molecule has 1 unspecified atom stereocenters. The minimum absolute atomic E-state index is 0.123. The molecular weight excluding hydrogens is 390 g/mol. The van der Waals surface area contributed by atoms with Gasteiger partial charge in [-0.1, -0.05) is 36.4 Å². The van der Waals surface area contributed by atoms with Crippen LogP contribution in [0.2, 0.25) is 0 Å². The topological polar surface area (TPSA) is 64.1 Å². The highest BCUT2D eigenvalue weighted by molar-refractivity contribution is 5.79. The fraction of sp³-hybridized carbons (Fsp3) is 0.480. The van der Waals surface area contributed by atoms with Gasteiger partial charge in [-0.3, -0.25) is 0 Å². The highest BCUT2D eigenvalue weighted by Gasteiger charge is 2.18. The quantitative estimate of drug-likeness (QED) is 0.446. The first-order valence-electron chi connectivity index (χ1n) is 11.2. The van der Waals surface area contributed by atoms with Gasteiger partial charge in [-0.05, 0) is 43.5 Å². The van der Waals surface area contributed by atoms with Gasteiger partial charge in [0.05, 0.1) is 26.4 Å². The molecule has 1 fully saturated rings. The lowest BCUT2D eigenvalue weighted by Gasteiger charge is -2.17. The van der Waals surface area contributed by atoms with Gasteiger partial charge < -0.3 is 24.8 Å². The summed E-state index contributed by atoms with van der Waals surface area (Å²) in [6.45, 7) is 10.9. The van der Waals surface area contributed by atoms with Crippen LogP contribution >= 0.6 is 0 Å². The summed E-state index contributed by atoms with van der Waals surface area (Å²) in [5, 5.41) is 6.79. The standard InChI is InChI=1S/C25H35N3O3/c1-4-26-25(27-15-20-8-6-7-9-22(20)17-29-5-2)28-16-21-11-10-19(3)14-24(21)31-23-12-13-30-18-23/h6-11,14,23H,4-5,12-13,15-18H2,1-3H3,(H2,26,27,28). The number of hydrogen-bond acceptors (Lipinski definition) is 4. The van der Waals surface area contributed by atoms with Gasteiger partial charge >= 0.3 is 0 Å². The molecule has 31 heavy (non-hydrogen) atoms. The molecule has 3 rings (SSSR count). The minimum Gasteiger partial charge on any atom is -0.488 e. The first-order chi connectivity index (χ1) is 15.2. The Hall–Kier alpha value is -2.57. The molecule has 1 aliphatic rings. The highest BCUT2D eigenvalue weighted by Crippen LogP contribution is 2.24. The average molecular weight is 426 g/mol.